The quantitative estimate of drug-likeness (QED) is 0.580. The Morgan fingerprint density at radius 2 is 1.89 bits per heavy atom. The molecule has 132 valence electrons. The normalized spacial score (nSPS) is 10.7. The van der Waals surface area contributed by atoms with Gasteiger partial charge in [-0.3, -0.25) is 0 Å². The second-order valence-corrected chi connectivity index (χ2v) is 6.31. The Bertz CT molecular complexity index is 1190. The minimum atomic E-state index is 0.238. The molecular weight excluding hydrogens is 362 g/mol. The van der Waals surface area contributed by atoms with Crippen LogP contribution in [0.1, 0.15) is 5.56 Å². The smallest absolute Gasteiger partial charge is 0.158 e. The summed E-state index contributed by atoms with van der Waals surface area (Å²) in [5, 5.41) is 14.7. The van der Waals surface area contributed by atoms with Gasteiger partial charge < -0.3 is 10.5 Å². The summed E-state index contributed by atoms with van der Waals surface area (Å²) in [6, 6.07) is 18.6. The van der Waals surface area contributed by atoms with Gasteiger partial charge in [-0.15, -0.1) is 0 Å². The minimum Gasteiger partial charge on any atom is -0.497 e. The summed E-state index contributed by atoms with van der Waals surface area (Å²) in [5.41, 5.74) is 9.86. The zero-order valence-electron chi connectivity index (χ0n) is 14.3. The molecule has 7 heteroatoms. The highest BCUT2D eigenvalue weighted by molar-refractivity contribution is 6.30. The van der Waals surface area contributed by atoms with Crippen molar-refractivity contribution in [3.63, 3.8) is 0 Å². The number of nitrogens with zero attached hydrogens (tertiary/aromatic N) is 4. The van der Waals surface area contributed by atoms with E-state index < -0.39 is 0 Å². The van der Waals surface area contributed by atoms with Crippen molar-refractivity contribution in [1.29, 1.82) is 5.26 Å². The van der Waals surface area contributed by atoms with Crippen molar-refractivity contribution in [2.75, 3.05) is 12.8 Å². The number of ether oxygens (including phenoxy) is 1. The van der Waals surface area contributed by atoms with Gasteiger partial charge in [0, 0.05) is 22.2 Å². The standard InChI is InChI=1S/C20H14ClN5O/c1-27-15-4-2-3-13(9-15)17-10-18-24-19(12-5-7-14(21)8-6-12)16(11-22)20(23)26(18)25-17/h2-10H,23H2,1H3. The fourth-order valence-electron chi connectivity index (χ4n) is 2.88. The number of methoxy groups -OCH3 is 1. The summed E-state index contributed by atoms with van der Waals surface area (Å²) in [5.74, 6) is 0.964. The minimum absolute atomic E-state index is 0.238. The summed E-state index contributed by atoms with van der Waals surface area (Å²) in [6.45, 7) is 0. The predicted octanol–water partition coefficient (Wildman–Crippen LogP) is 4.18. The zero-order chi connectivity index (χ0) is 19.0. The van der Waals surface area contributed by atoms with Crippen LogP contribution >= 0.6 is 11.6 Å². The first kappa shape index (κ1) is 16.9. The maximum absolute atomic E-state index is 9.61. The van der Waals surface area contributed by atoms with Crippen LogP contribution in [-0.2, 0) is 0 Å². The number of anilines is 1. The number of hydrogen-bond donors (Lipinski definition) is 1. The number of rotatable bonds is 3. The van der Waals surface area contributed by atoms with Gasteiger partial charge in [0.2, 0.25) is 0 Å². The molecule has 2 N–H and O–H groups in total. The molecule has 2 aromatic carbocycles. The van der Waals surface area contributed by atoms with Crippen molar-refractivity contribution in [3.8, 4) is 34.3 Å². The van der Waals surface area contributed by atoms with E-state index in [-0.39, 0.29) is 11.4 Å². The van der Waals surface area contributed by atoms with E-state index in [0.717, 1.165) is 16.9 Å². The van der Waals surface area contributed by atoms with Crippen molar-refractivity contribution < 1.29 is 4.74 Å². The van der Waals surface area contributed by atoms with Crippen LogP contribution in [0.5, 0.6) is 5.75 Å². The molecular formula is C20H14ClN5O. The third-order valence-corrected chi connectivity index (χ3v) is 4.48. The van der Waals surface area contributed by atoms with E-state index in [2.05, 4.69) is 16.2 Å². The number of aromatic nitrogens is 3. The van der Waals surface area contributed by atoms with E-state index in [1.54, 1.807) is 31.4 Å². The Labute approximate surface area is 160 Å². The Morgan fingerprint density at radius 1 is 1.11 bits per heavy atom. The van der Waals surface area contributed by atoms with Crippen molar-refractivity contribution >= 4 is 23.1 Å². The summed E-state index contributed by atoms with van der Waals surface area (Å²) in [6.07, 6.45) is 0. The number of halogens is 1. The third-order valence-electron chi connectivity index (χ3n) is 4.23. The summed E-state index contributed by atoms with van der Waals surface area (Å²) in [7, 11) is 1.61. The monoisotopic (exact) mass is 375 g/mol. The molecule has 4 aromatic rings. The van der Waals surface area contributed by atoms with Gasteiger partial charge in [-0.25, -0.2) is 4.98 Å². The second kappa shape index (κ2) is 6.63. The molecule has 0 aliphatic carbocycles. The topological polar surface area (TPSA) is 89.2 Å². The SMILES string of the molecule is COc1cccc(-c2cc3nc(-c4ccc(Cl)cc4)c(C#N)c(N)n3n2)c1. The van der Waals surface area contributed by atoms with Crippen molar-refractivity contribution in [1.82, 2.24) is 14.6 Å². The lowest BCUT2D eigenvalue weighted by Gasteiger charge is -2.08. The second-order valence-electron chi connectivity index (χ2n) is 5.87. The fourth-order valence-corrected chi connectivity index (χ4v) is 3.00. The van der Waals surface area contributed by atoms with Crippen molar-refractivity contribution in [2.24, 2.45) is 0 Å². The third kappa shape index (κ3) is 2.94. The van der Waals surface area contributed by atoms with Crippen LogP contribution in [-0.4, -0.2) is 21.7 Å². The first-order valence-corrected chi connectivity index (χ1v) is 8.48. The average molecular weight is 376 g/mol. The van der Waals surface area contributed by atoms with Crippen LogP contribution in [0.15, 0.2) is 54.6 Å². The largest absolute Gasteiger partial charge is 0.497 e. The molecule has 27 heavy (non-hydrogen) atoms. The Morgan fingerprint density at radius 3 is 2.59 bits per heavy atom. The molecule has 0 aliphatic rings. The fraction of sp³-hybridized carbons (Fsp3) is 0.0500. The van der Waals surface area contributed by atoms with Crippen LogP contribution in [0.25, 0.3) is 28.2 Å². The van der Waals surface area contributed by atoms with Gasteiger partial charge >= 0.3 is 0 Å². The molecule has 4 rings (SSSR count). The maximum atomic E-state index is 9.61. The molecule has 0 amide bonds. The average Bonchev–Trinajstić information content (AvgIpc) is 3.13. The molecule has 0 spiro atoms. The van der Waals surface area contributed by atoms with E-state index in [9.17, 15) is 5.26 Å². The lowest BCUT2D eigenvalue weighted by Crippen LogP contribution is -2.06. The molecule has 2 heterocycles. The molecule has 0 atom stereocenters. The molecule has 0 fully saturated rings. The number of nitrogen functional groups attached to an aromatic ring is 1. The van der Waals surface area contributed by atoms with Gasteiger partial charge in [0.15, 0.2) is 5.65 Å². The summed E-state index contributed by atoms with van der Waals surface area (Å²) < 4.78 is 6.75. The molecule has 2 aromatic heterocycles. The van der Waals surface area contributed by atoms with E-state index >= 15 is 0 Å². The zero-order valence-corrected chi connectivity index (χ0v) is 15.1. The number of nitrogens with two attached hydrogens (primary N) is 1. The Balaban J connectivity index is 1.92. The van der Waals surface area contributed by atoms with Crippen molar-refractivity contribution in [2.45, 2.75) is 0 Å². The van der Waals surface area contributed by atoms with Crippen LogP contribution in [0.4, 0.5) is 5.82 Å². The van der Waals surface area contributed by atoms with E-state index in [1.165, 1.54) is 4.52 Å². The highest BCUT2D eigenvalue weighted by Gasteiger charge is 2.17. The van der Waals surface area contributed by atoms with Crippen LogP contribution in [0.3, 0.4) is 0 Å². The molecule has 0 saturated heterocycles. The van der Waals surface area contributed by atoms with Gasteiger partial charge in [0.25, 0.3) is 0 Å². The van der Waals surface area contributed by atoms with Crippen LogP contribution in [0, 0.1) is 11.3 Å². The number of hydrogen-bond acceptors (Lipinski definition) is 5. The molecule has 0 radical (unpaired) electrons. The van der Waals surface area contributed by atoms with E-state index in [0.29, 0.717) is 22.1 Å². The highest BCUT2D eigenvalue weighted by Crippen LogP contribution is 2.30. The van der Waals surface area contributed by atoms with Crippen LogP contribution < -0.4 is 10.5 Å². The first-order chi connectivity index (χ1) is 13.1. The molecule has 0 saturated carbocycles. The number of fused-ring (bicyclic) bond motifs is 1. The predicted molar refractivity (Wildman–Crippen MR) is 105 cm³/mol. The maximum Gasteiger partial charge on any atom is 0.158 e. The van der Waals surface area contributed by atoms with Crippen LogP contribution in [0.2, 0.25) is 5.02 Å². The van der Waals surface area contributed by atoms with Gasteiger partial charge in [0.05, 0.1) is 18.5 Å². The number of nitriles is 1. The van der Waals surface area contributed by atoms with Gasteiger partial charge in [-0.1, -0.05) is 35.9 Å². The van der Waals surface area contributed by atoms with Crippen molar-refractivity contribution in [3.05, 3.63) is 65.2 Å². The highest BCUT2D eigenvalue weighted by atomic mass is 35.5. The van der Waals surface area contributed by atoms with Gasteiger partial charge in [0.1, 0.15) is 23.2 Å². The molecule has 0 bridgehead atoms. The molecule has 6 nitrogen and oxygen atoms in total. The number of benzene rings is 2. The summed E-state index contributed by atoms with van der Waals surface area (Å²) >= 11 is 5.96. The lowest BCUT2D eigenvalue weighted by atomic mass is 10.1. The Kier molecular flexibility index (Phi) is 4.15. The van der Waals surface area contributed by atoms with Gasteiger partial charge in [-0.2, -0.15) is 14.9 Å². The van der Waals surface area contributed by atoms with E-state index in [4.69, 9.17) is 22.1 Å². The Hall–Kier alpha value is -3.56. The molecule has 0 aliphatic heterocycles. The van der Waals surface area contributed by atoms with E-state index in [1.807, 2.05) is 30.3 Å². The molecule has 0 unspecified atom stereocenters. The van der Waals surface area contributed by atoms with Gasteiger partial charge in [-0.05, 0) is 24.3 Å². The summed E-state index contributed by atoms with van der Waals surface area (Å²) in [4.78, 5) is 4.62. The lowest BCUT2D eigenvalue weighted by molar-refractivity contribution is 0.415. The first-order valence-electron chi connectivity index (χ1n) is 8.10.